The van der Waals surface area contributed by atoms with Gasteiger partial charge in [-0.2, -0.15) is 11.8 Å². The quantitative estimate of drug-likeness (QED) is 0.388. The molecule has 0 aliphatic carbocycles. The van der Waals surface area contributed by atoms with Gasteiger partial charge in [0.25, 0.3) is 0 Å². The summed E-state index contributed by atoms with van der Waals surface area (Å²) >= 11 is 2.02. The van der Waals surface area contributed by atoms with E-state index in [0.717, 1.165) is 5.25 Å². The molecular formula is C3H6S. The van der Waals surface area contributed by atoms with Crippen molar-refractivity contribution < 1.29 is 0 Å². The zero-order chi connectivity index (χ0) is 2.99. The average molecular weight is 74.1 g/mol. The van der Waals surface area contributed by atoms with Gasteiger partial charge in [0.15, 0.2) is 0 Å². The van der Waals surface area contributed by atoms with Crippen LogP contribution in [0, 0.1) is 0 Å². The molecule has 0 aromatic carbocycles. The van der Waals surface area contributed by atoms with Gasteiger partial charge in [-0.15, -0.1) is 0 Å². The van der Waals surface area contributed by atoms with Gasteiger partial charge in [-0.1, -0.05) is 6.92 Å². The Morgan fingerprint density at radius 3 is 2.25 bits per heavy atom. The van der Waals surface area contributed by atoms with Crippen molar-refractivity contribution >= 4 is 11.8 Å². The second kappa shape index (κ2) is 0.646. The van der Waals surface area contributed by atoms with Crippen LogP contribution in [0.1, 0.15) is 6.92 Å². The van der Waals surface area contributed by atoms with Crippen molar-refractivity contribution in [1.82, 2.24) is 0 Å². The molecule has 0 aromatic rings. The SMILES string of the molecule is C[C@H]1CS1. The smallest absolute Gasteiger partial charge is 0.0110 e. The van der Waals surface area contributed by atoms with Crippen LogP contribution < -0.4 is 0 Å². The van der Waals surface area contributed by atoms with Crippen molar-refractivity contribution in [3.8, 4) is 0 Å². The maximum atomic E-state index is 2.24. The predicted molar refractivity (Wildman–Crippen MR) is 21.9 cm³/mol. The number of hydrogen-bond acceptors (Lipinski definition) is 1. The largest absolute Gasteiger partial charge is 0.157 e. The van der Waals surface area contributed by atoms with Crippen molar-refractivity contribution in [1.29, 1.82) is 0 Å². The third-order valence-corrected chi connectivity index (χ3v) is 1.50. The maximum absolute atomic E-state index is 2.24. The summed E-state index contributed by atoms with van der Waals surface area (Å²) in [5.74, 6) is 1.40. The van der Waals surface area contributed by atoms with Gasteiger partial charge in [-0.25, -0.2) is 0 Å². The van der Waals surface area contributed by atoms with E-state index in [9.17, 15) is 0 Å². The first kappa shape index (κ1) is 2.58. The molecule has 4 heavy (non-hydrogen) atoms. The number of hydrogen-bond donors (Lipinski definition) is 0. The molecule has 1 heteroatoms. The molecule has 1 aliphatic rings. The van der Waals surface area contributed by atoms with Crippen LogP contribution in [0.15, 0.2) is 0 Å². The Bertz CT molecular complexity index is 22.5. The van der Waals surface area contributed by atoms with E-state index in [1.807, 2.05) is 11.8 Å². The van der Waals surface area contributed by atoms with Crippen molar-refractivity contribution in [2.24, 2.45) is 0 Å². The number of rotatable bonds is 0. The summed E-state index contributed by atoms with van der Waals surface area (Å²) in [6.45, 7) is 2.24. The van der Waals surface area contributed by atoms with Crippen LogP contribution in [0.4, 0.5) is 0 Å². The third kappa shape index (κ3) is 0.382. The highest BCUT2D eigenvalue weighted by Crippen LogP contribution is 2.28. The van der Waals surface area contributed by atoms with Crippen molar-refractivity contribution in [2.75, 3.05) is 5.75 Å². The summed E-state index contributed by atoms with van der Waals surface area (Å²) in [5, 5.41) is 1.000. The van der Waals surface area contributed by atoms with Crippen LogP contribution in [-0.2, 0) is 0 Å². The molecule has 24 valence electrons. The van der Waals surface area contributed by atoms with E-state index >= 15 is 0 Å². The first-order valence-corrected chi connectivity index (χ1v) is 2.56. The Kier molecular flexibility index (Phi) is 0.417. The fourth-order valence-electron chi connectivity index (χ4n) is 0.0962. The predicted octanol–water partition coefficient (Wildman–Crippen LogP) is 1.12. The highest BCUT2D eigenvalue weighted by molar-refractivity contribution is 8.06. The van der Waals surface area contributed by atoms with Crippen molar-refractivity contribution in [2.45, 2.75) is 12.2 Å². The standard InChI is InChI=1S/C3H6S/c1-3-2-4-3/h3H,2H2,1H3/t3-/m0/s1. The number of thioether (sulfide) groups is 1. The summed E-state index contributed by atoms with van der Waals surface area (Å²) in [6, 6.07) is 0. The molecule has 0 amide bonds. The van der Waals surface area contributed by atoms with Crippen LogP contribution in [0.3, 0.4) is 0 Å². The van der Waals surface area contributed by atoms with E-state index in [0.29, 0.717) is 0 Å². The molecule has 0 radical (unpaired) electrons. The minimum absolute atomic E-state index is 1.000. The highest BCUT2D eigenvalue weighted by Gasteiger charge is 2.13. The molecule has 1 rings (SSSR count). The summed E-state index contributed by atoms with van der Waals surface area (Å²) < 4.78 is 0. The van der Waals surface area contributed by atoms with Crippen LogP contribution in [-0.4, -0.2) is 11.0 Å². The molecule has 0 saturated carbocycles. The summed E-state index contributed by atoms with van der Waals surface area (Å²) in [7, 11) is 0. The zero-order valence-corrected chi connectivity index (χ0v) is 3.51. The molecule has 1 atom stereocenters. The topological polar surface area (TPSA) is 0 Å². The lowest BCUT2D eigenvalue weighted by atomic mass is 10.6. The van der Waals surface area contributed by atoms with Crippen molar-refractivity contribution in [3.63, 3.8) is 0 Å². The molecular weight excluding hydrogens is 68.1 g/mol. The fourth-order valence-corrected chi connectivity index (χ4v) is 0.289. The first-order chi connectivity index (χ1) is 1.89. The molecule has 0 bridgehead atoms. The molecule has 1 fully saturated rings. The summed E-state index contributed by atoms with van der Waals surface area (Å²) in [6.07, 6.45) is 0. The van der Waals surface area contributed by atoms with Crippen LogP contribution in [0.25, 0.3) is 0 Å². The second-order valence-corrected chi connectivity index (χ2v) is 2.62. The molecule has 0 unspecified atom stereocenters. The summed E-state index contributed by atoms with van der Waals surface area (Å²) in [5.41, 5.74) is 0. The van der Waals surface area contributed by atoms with Gasteiger partial charge in [0, 0.05) is 11.0 Å². The molecule has 1 aliphatic heterocycles. The van der Waals surface area contributed by atoms with Gasteiger partial charge in [0.2, 0.25) is 0 Å². The van der Waals surface area contributed by atoms with E-state index in [2.05, 4.69) is 6.92 Å². The lowest BCUT2D eigenvalue weighted by Gasteiger charge is -1.50. The molecule has 1 saturated heterocycles. The Morgan fingerprint density at radius 1 is 2.00 bits per heavy atom. The van der Waals surface area contributed by atoms with E-state index in [4.69, 9.17) is 0 Å². The van der Waals surface area contributed by atoms with E-state index in [1.54, 1.807) is 0 Å². The Hall–Kier alpha value is 0.350. The normalized spacial score (nSPS) is 39.8. The maximum Gasteiger partial charge on any atom is 0.0110 e. The zero-order valence-electron chi connectivity index (χ0n) is 2.69. The second-order valence-electron chi connectivity index (χ2n) is 1.14. The van der Waals surface area contributed by atoms with Crippen LogP contribution >= 0.6 is 11.8 Å². The molecule has 0 aromatic heterocycles. The van der Waals surface area contributed by atoms with E-state index < -0.39 is 0 Å². The fraction of sp³-hybridized carbons (Fsp3) is 1.00. The Labute approximate surface area is 30.6 Å². The highest BCUT2D eigenvalue weighted by atomic mass is 32.2. The van der Waals surface area contributed by atoms with Gasteiger partial charge in [0.1, 0.15) is 0 Å². The van der Waals surface area contributed by atoms with Gasteiger partial charge >= 0.3 is 0 Å². The molecule has 0 spiro atoms. The minimum atomic E-state index is 1.000. The third-order valence-electron chi connectivity index (χ3n) is 0.500. The minimum Gasteiger partial charge on any atom is -0.157 e. The van der Waals surface area contributed by atoms with E-state index in [-0.39, 0.29) is 0 Å². The van der Waals surface area contributed by atoms with E-state index in [1.165, 1.54) is 5.75 Å². The Morgan fingerprint density at radius 2 is 2.25 bits per heavy atom. The van der Waals surface area contributed by atoms with Crippen LogP contribution in [0.5, 0.6) is 0 Å². The van der Waals surface area contributed by atoms with Crippen molar-refractivity contribution in [3.05, 3.63) is 0 Å². The summed E-state index contributed by atoms with van der Waals surface area (Å²) in [4.78, 5) is 0. The monoisotopic (exact) mass is 74.0 g/mol. The van der Waals surface area contributed by atoms with Gasteiger partial charge < -0.3 is 0 Å². The van der Waals surface area contributed by atoms with Gasteiger partial charge in [-0.3, -0.25) is 0 Å². The lowest BCUT2D eigenvalue weighted by Crippen LogP contribution is -1.57. The Balaban J connectivity index is 2.17. The van der Waals surface area contributed by atoms with Crippen LogP contribution in [0.2, 0.25) is 0 Å². The molecule has 0 N–H and O–H groups in total. The molecule has 1 heterocycles. The van der Waals surface area contributed by atoms with Gasteiger partial charge in [0.05, 0.1) is 0 Å². The average Bonchev–Trinajstić information content (AvgIpc) is 1.75. The lowest BCUT2D eigenvalue weighted by molar-refractivity contribution is 1.25. The van der Waals surface area contributed by atoms with Gasteiger partial charge in [-0.05, 0) is 0 Å². The first-order valence-electron chi connectivity index (χ1n) is 1.51. The molecule has 0 nitrogen and oxygen atoms in total.